The topological polar surface area (TPSA) is 40.5 Å². The average Bonchev–Trinajstić information content (AvgIpc) is 3.03. The van der Waals surface area contributed by atoms with Crippen LogP contribution in [0.5, 0.6) is 0 Å². The zero-order chi connectivity index (χ0) is 14.4. The first kappa shape index (κ1) is 13.3. The van der Waals surface area contributed by atoms with Crippen LogP contribution < -0.4 is 0 Å². The maximum absolute atomic E-state index is 11.1. The third kappa shape index (κ3) is 2.36. The second kappa shape index (κ2) is 4.82. The van der Waals surface area contributed by atoms with Gasteiger partial charge in [0.15, 0.2) is 0 Å². The SMILES string of the molecule is O=C(O)C1CC12CCN(Cc1cc3ccccc3s1)CC2. The predicted octanol–water partition coefficient (Wildman–Crippen LogP) is 3.59. The summed E-state index contributed by atoms with van der Waals surface area (Å²) in [5.41, 5.74) is 0.141. The fourth-order valence-electron chi connectivity index (χ4n) is 3.74. The molecule has 0 radical (unpaired) electrons. The number of benzene rings is 1. The van der Waals surface area contributed by atoms with E-state index in [0.717, 1.165) is 38.9 Å². The van der Waals surface area contributed by atoms with E-state index in [4.69, 9.17) is 5.11 Å². The summed E-state index contributed by atoms with van der Waals surface area (Å²) in [4.78, 5) is 15.0. The number of fused-ring (bicyclic) bond motifs is 1. The summed E-state index contributed by atoms with van der Waals surface area (Å²) in [7, 11) is 0. The van der Waals surface area contributed by atoms with Gasteiger partial charge in [-0.2, -0.15) is 0 Å². The molecule has 1 aromatic heterocycles. The van der Waals surface area contributed by atoms with E-state index >= 15 is 0 Å². The van der Waals surface area contributed by atoms with Gasteiger partial charge in [0.1, 0.15) is 0 Å². The summed E-state index contributed by atoms with van der Waals surface area (Å²) in [5.74, 6) is -0.656. The van der Waals surface area contributed by atoms with Crippen LogP contribution >= 0.6 is 11.3 Å². The Balaban J connectivity index is 1.40. The molecule has 21 heavy (non-hydrogen) atoms. The van der Waals surface area contributed by atoms with Crippen molar-refractivity contribution in [1.82, 2.24) is 4.90 Å². The Morgan fingerprint density at radius 3 is 2.76 bits per heavy atom. The van der Waals surface area contributed by atoms with Gasteiger partial charge < -0.3 is 5.11 Å². The van der Waals surface area contributed by atoms with E-state index in [9.17, 15) is 4.79 Å². The lowest BCUT2D eigenvalue weighted by Gasteiger charge is -2.32. The Hall–Kier alpha value is -1.39. The molecule has 1 atom stereocenters. The Labute approximate surface area is 128 Å². The summed E-state index contributed by atoms with van der Waals surface area (Å²) in [5, 5.41) is 10.5. The molecule has 1 aliphatic heterocycles. The number of carboxylic acids is 1. The molecular formula is C17H19NO2S. The van der Waals surface area contributed by atoms with Crippen molar-refractivity contribution in [2.75, 3.05) is 13.1 Å². The van der Waals surface area contributed by atoms with Crippen molar-refractivity contribution in [1.29, 1.82) is 0 Å². The van der Waals surface area contributed by atoms with E-state index in [2.05, 4.69) is 35.2 Å². The van der Waals surface area contributed by atoms with Gasteiger partial charge in [-0.15, -0.1) is 11.3 Å². The minimum atomic E-state index is -0.590. The van der Waals surface area contributed by atoms with Crippen molar-refractivity contribution in [3.05, 3.63) is 35.2 Å². The summed E-state index contributed by atoms with van der Waals surface area (Å²) in [6.45, 7) is 3.09. The molecule has 1 saturated carbocycles. The smallest absolute Gasteiger partial charge is 0.307 e. The molecule has 1 aromatic carbocycles. The number of piperidine rings is 1. The van der Waals surface area contributed by atoms with Gasteiger partial charge in [-0.25, -0.2) is 0 Å². The number of hydrogen-bond donors (Lipinski definition) is 1. The highest BCUT2D eigenvalue weighted by molar-refractivity contribution is 7.19. The van der Waals surface area contributed by atoms with Crippen LogP contribution in [0.25, 0.3) is 10.1 Å². The maximum atomic E-state index is 11.1. The van der Waals surface area contributed by atoms with E-state index in [1.165, 1.54) is 15.0 Å². The van der Waals surface area contributed by atoms with Crippen LogP contribution in [0.3, 0.4) is 0 Å². The first-order valence-corrected chi connectivity index (χ1v) is 8.41. The minimum Gasteiger partial charge on any atom is -0.481 e. The van der Waals surface area contributed by atoms with Crippen LogP contribution in [0.1, 0.15) is 24.1 Å². The second-order valence-electron chi connectivity index (χ2n) is 6.48. The van der Waals surface area contributed by atoms with Crippen molar-refractivity contribution >= 4 is 27.4 Å². The van der Waals surface area contributed by atoms with Crippen molar-refractivity contribution in [3.8, 4) is 0 Å². The second-order valence-corrected chi connectivity index (χ2v) is 7.65. The number of rotatable bonds is 3. The first-order valence-electron chi connectivity index (χ1n) is 7.59. The predicted molar refractivity (Wildman–Crippen MR) is 84.5 cm³/mol. The zero-order valence-corrected chi connectivity index (χ0v) is 12.7. The van der Waals surface area contributed by atoms with E-state index < -0.39 is 5.97 Å². The van der Waals surface area contributed by atoms with Gasteiger partial charge in [-0.05, 0) is 55.3 Å². The van der Waals surface area contributed by atoms with Crippen LogP contribution in [-0.4, -0.2) is 29.1 Å². The fourth-order valence-corrected chi connectivity index (χ4v) is 4.85. The van der Waals surface area contributed by atoms with Crippen LogP contribution in [-0.2, 0) is 11.3 Å². The lowest BCUT2D eigenvalue weighted by Crippen LogP contribution is -2.35. The molecule has 0 amide bonds. The Bertz CT molecular complexity index is 652. The van der Waals surface area contributed by atoms with Gasteiger partial charge >= 0.3 is 5.97 Å². The molecule has 2 aliphatic rings. The average molecular weight is 301 g/mol. The van der Waals surface area contributed by atoms with Crippen LogP contribution in [0.2, 0.25) is 0 Å². The highest BCUT2D eigenvalue weighted by atomic mass is 32.1. The highest BCUT2D eigenvalue weighted by Crippen LogP contribution is 2.59. The van der Waals surface area contributed by atoms with Crippen molar-refractivity contribution < 1.29 is 9.90 Å². The molecule has 110 valence electrons. The molecule has 2 fully saturated rings. The van der Waals surface area contributed by atoms with Gasteiger partial charge in [-0.1, -0.05) is 18.2 Å². The third-order valence-corrected chi connectivity index (χ3v) is 6.30. The molecule has 2 heterocycles. The first-order chi connectivity index (χ1) is 10.2. The molecule has 3 nitrogen and oxygen atoms in total. The van der Waals surface area contributed by atoms with E-state index in [-0.39, 0.29) is 11.3 Å². The molecular weight excluding hydrogens is 282 g/mol. The Morgan fingerprint density at radius 1 is 1.33 bits per heavy atom. The summed E-state index contributed by atoms with van der Waals surface area (Å²) < 4.78 is 1.36. The number of nitrogens with zero attached hydrogens (tertiary/aromatic N) is 1. The number of likely N-dealkylation sites (tertiary alicyclic amines) is 1. The Kier molecular flexibility index (Phi) is 3.05. The molecule has 2 aromatic rings. The highest BCUT2D eigenvalue weighted by Gasteiger charge is 2.58. The van der Waals surface area contributed by atoms with Gasteiger partial charge in [-0.3, -0.25) is 9.69 Å². The summed E-state index contributed by atoms with van der Waals surface area (Å²) in [6, 6.07) is 10.8. The van der Waals surface area contributed by atoms with Crippen LogP contribution in [0, 0.1) is 11.3 Å². The maximum Gasteiger partial charge on any atom is 0.307 e. The molecule has 1 aliphatic carbocycles. The Morgan fingerprint density at radius 2 is 2.10 bits per heavy atom. The fraction of sp³-hybridized carbons (Fsp3) is 0.471. The van der Waals surface area contributed by atoms with Gasteiger partial charge in [0.25, 0.3) is 0 Å². The van der Waals surface area contributed by atoms with E-state index in [0.29, 0.717) is 0 Å². The standard InChI is InChI=1S/C17H19NO2S/c19-16(20)14-10-17(14)5-7-18(8-6-17)11-13-9-12-3-1-2-4-15(12)21-13/h1-4,9,14H,5-8,10-11H2,(H,19,20). The minimum absolute atomic E-state index is 0.0658. The van der Waals surface area contributed by atoms with Gasteiger partial charge in [0.2, 0.25) is 0 Å². The molecule has 1 saturated heterocycles. The van der Waals surface area contributed by atoms with Crippen LogP contribution in [0.15, 0.2) is 30.3 Å². The number of aliphatic carboxylic acids is 1. The van der Waals surface area contributed by atoms with Gasteiger partial charge in [0.05, 0.1) is 5.92 Å². The quantitative estimate of drug-likeness (QED) is 0.942. The van der Waals surface area contributed by atoms with Gasteiger partial charge in [0, 0.05) is 16.1 Å². The zero-order valence-electron chi connectivity index (χ0n) is 11.9. The summed E-state index contributed by atoms with van der Waals surface area (Å²) in [6.07, 6.45) is 3.00. The number of carbonyl (C=O) groups is 1. The largest absolute Gasteiger partial charge is 0.481 e. The lowest BCUT2D eigenvalue weighted by atomic mass is 9.91. The number of carboxylic acid groups (broad SMARTS) is 1. The summed E-state index contributed by atoms with van der Waals surface area (Å²) >= 11 is 1.88. The van der Waals surface area contributed by atoms with Crippen LogP contribution in [0.4, 0.5) is 0 Å². The lowest BCUT2D eigenvalue weighted by molar-refractivity contribution is -0.139. The van der Waals surface area contributed by atoms with E-state index in [1.54, 1.807) is 0 Å². The van der Waals surface area contributed by atoms with Crippen molar-refractivity contribution in [3.63, 3.8) is 0 Å². The third-order valence-electron chi connectivity index (χ3n) is 5.20. The molecule has 1 unspecified atom stereocenters. The monoisotopic (exact) mass is 301 g/mol. The number of hydrogen-bond acceptors (Lipinski definition) is 3. The number of thiophene rings is 1. The molecule has 4 rings (SSSR count). The molecule has 1 spiro atoms. The van der Waals surface area contributed by atoms with Crippen molar-refractivity contribution in [2.45, 2.75) is 25.8 Å². The normalized spacial score (nSPS) is 24.5. The van der Waals surface area contributed by atoms with E-state index in [1.807, 2.05) is 11.3 Å². The molecule has 1 N–H and O–H groups in total. The molecule has 0 bridgehead atoms. The van der Waals surface area contributed by atoms with Crippen molar-refractivity contribution in [2.24, 2.45) is 11.3 Å². The molecule has 4 heteroatoms.